The number of hydrogen-bond acceptors (Lipinski definition) is 4. The summed E-state index contributed by atoms with van der Waals surface area (Å²) >= 11 is 3.43. The molecule has 0 amide bonds. The Kier molecular flexibility index (Phi) is 11.8. The second-order valence-electron chi connectivity index (χ2n) is 5.03. The van der Waals surface area contributed by atoms with Gasteiger partial charge in [0.25, 0.3) is 0 Å². The van der Waals surface area contributed by atoms with E-state index in [0.717, 1.165) is 41.1 Å². The molecule has 1 aromatic carbocycles. The third-order valence-electron chi connectivity index (χ3n) is 3.20. The Bertz CT molecular complexity index is 623. The van der Waals surface area contributed by atoms with Crippen molar-refractivity contribution in [1.29, 1.82) is 0 Å². The van der Waals surface area contributed by atoms with Gasteiger partial charge < -0.3 is 10.6 Å². The molecule has 138 valence electrons. The number of nitrogens with zero attached hydrogens (tertiary/aromatic N) is 2. The number of aromatic nitrogens is 1. The molecule has 0 unspecified atom stereocenters. The zero-order chi connectivity index (χ0) is 17.0. The van der Waals surface area contributed by atoms with Gasteiger partial charge in [0.05, 0.1) is 0 Å². The second-order valence-corrected chi connectivity index (χ2v) is 7.27. The van der Waals surface area contributed by atoms with E-state index in [4.69, 9.17) is 0 Å². The molecule has 2 rings (SSSR count). The van der Waals surface area contributed by atoms with Gasteiger partial charge in [0.15, 0.2) is 5.96 Å². The summed E-state index contributed by atoms with van der Waals surface area (Å²) in [6, 6.07) is 6.88. The first-order chi connectivity index (χ1) is 11.8. The van der Waals surface area contributed by atoms with Gasteiger partial charge >= 0.3 is 0 Å². The van der Waals surface area contributed by atoms with E-state index < -0.39 is 0 Å². The Morgan fingerprint density at radius 1 is 1.32 bits per heavy atom. The van der Waals surface area contributed by atoms with Crippen LogP contribution in [0, 0.1) is 5.82 Å². The molecule has 8 heteroatoms. The Morgan fingerprint density at radius 2 is 2.16 bits per heavy atom. The molecule has 25 heavy (non-hydrogen) atoms. The lowest BCUT2D eigenvalue weighted by molar-refractivity contribution is 0.606. The SMILES string of the molecule is CCNC(=NCCCSc1nccs1)NCCc1ccccc1F.I. The van der Waals surface area contributed by atoms with Crippen molar-refractivity contribution >= 4 is 53.0 Å². The van der Waals surface area contributed by atoms with Gasteiger partial charge in [-0.25, -0.2) is 9.37 Å². The predicted octanol–water partition coefficient (Wildman–Crippen LogP) is 4.18. The van der Waals surface area contributed by atoms with Crippen molar-refractivity contribution in [3.63, 3.8) is 0 Å². The maximum absolute atomic E-state index is 13.6. The Morgan fingerprint density at radius 3 is 2.88 bits per heavy atom. The first kappa shape index (κ1) is 22.2. The van der Waals surface area contributed by atoms with Crippen molar-refractivity contribution < 1.29 is 4.39 Å². The number of halogens is 2. The summed E-state index contributed by atoms with van der Waals surface area (Å²) in [5.41, 5.74) is 0.723. The molecule has 0 bridgehead atoms. The van der Waals surface area contributed by atoms with Crippen molar-refractivity contribution in [1.82, 2.24) is 15.6 Å². The quantitative estimate of drug-likeness (QED) is 0.181. The van der Waals surface area contributed by atoms with Crippen LogP contribution in [-0.4, -0.2) is 36.3 Å². The molecule has 0 radical (unpaired) electrons. The average molecular weight is 494 g/mol. The highest BCUT2D eigenvalue weighted by Gasteiger charge is 2.02. The Labute approximate surface area is 174 Å². The number of thiazole rings is 1. The zero-order valence-corrected chi connectivity index (χ0v) is 18.2. The van der Waals surface area contributed by atoms with Crippen LogP contribution in [0.3, 0.4) is 0 Å². The van der Waals surface area contributed by atoms with E-state index in [1.54, 1.807) is 29.2 Å². The Balaban J connectivity index is 0.00000312. The lowest BCUT2D eigenvalue weighted by Crippen LogP contribution is -2.38. The number of rotatable bonds is 9. The molecule has 0 fully saturated rings. The minimum Gasteiger partial charge on any atom is -0.357 e. The summed E-state index contributed by atoms with van der Waals surface area (Å²) in [6.07, 6.45) is 3.46. The molecule has 0 atom stereocenters. The second kappa shape index (κ2) is 13.3. The number of hydrogen-bond donors (Lipinski definition) is 2. The summed E-state index contributed by atoms with van der Waals surface area (Å²) in [5, 5.41) is 8.46. The highest BCUT2D eigenvalue weighted by molar-refractivity contribution is 14.0. The molecule has 2 aromatic rings. The highest BCUT2D eigenvalue weighted by Crippen LogP contribution is 2.20. The van der Waals surface area contributed by atoms with E-state index in [-0.39, 0.29) is 29.8 Å². The normalized spacial score (nSPS) is 11.0. The predicted molar refractivity (Wildman–Crippen MR) is 117 cm³/mol. The highest BCUT2D eigenvalue weighted by atomic mass is 127. The van der Waals surface area contributed by atoms with Gasteiger partial charge in [-0.1, -0.05) is 30.0 Å². The Hall–Kier alpha value is -0.870. The average Bonchev–Trinajstić information content (AvgIpc) is 3.09. The largest absolute Gasteiger partial charge is 0.357 e. The van der Waals surface area contributed by atoms with Crippen molar-refractivity contribution in [2.45, 2.75) is 24.1 Å². The van der Waals surface area contributed by atoms with E-state index in [1.807, 2.05) is 30.6 Å². The van der Waals surface area contributed by atoms with E-state index >= 15 is 0 Å². The maximum Gasteiger partial charge on any atom is 0.191 e. The summed E-state index contributed by atoms with van der Waals surface area (Å²) in [6.45, 7) is 4.25. The van der Waals surface area contributed by atoms with Crippen LogP contribution >= 0.6 is 47.1 Å². The fourth-order valence-electron chi connectivity index (χ4n) is 2.05. The number of aliphatic imine (C=N–C) groups is 1. The van der Waals surface area contributed by atoms with E-state index in [0.29, 0.717) is 13.0 Å². The number of guanidine groups is 1. The lowest BCUT2D eigenvalue weighted by atomic mass is 10.1. The summed E-state index contributed by atoms with van der Waals surface area (Å²) in [4.78, 5) is 8.80. The number of benzene rings is 1. The van der Waals surface area contributed by atoms with Gasteiger partial charge in [0, 0.05) is 37.0 Å². The van der Waals surface area contributed by atoms with E-state index in [1.165, 1.54) is 6.07 Å². The van der Waals surface area contributed by atoms with Crippen molar-refractivity contribution in [2.75, 3.05) is 25.4 Å². The monoisotopic (exact) mass is 494 g/mol. The van der Waals surface area contributed by atoms with Crippen LogP contribution < -0.4 is 10.6 Å². The van der Waals surface area contributed by atoms with Crippen molar-refractivity contribution in [2.24, 2.45) is 4.99 Å². The molecule has 0 saturated carbocycles. The number of nitrogens with one attached hydrogen (secondary N) is 2. The third kappa shape index (κ3) is 8.87. The standard InChI is InChI=1S/C17H23FN4S2.HI/c1-2-19-16(20-9-5-12-23-17-22-11-13-24-17)21-10-8-14-6-3-4-7-15(14)18;/h3-4,6-7,11,13H,2,5,8-10,12H2,1H3,(H2,19,20,21);1H. The van der Waals surface area contributed by atoms with Gasteiger partial charge in [-0.05, 0) is 31.4 Å². The molecule has 0 aliphatic carbocycles. The molecule has 4 nitrogen and oxygen atoms in total. The summed E-state index contributed by atoms with van der Waals surface area (Å²) in [5.74, 6) is 1.64. The van der Waals surface area contributed by atoms with Crippen LogP contribution in [0.2, 0.25) is 0 Å². The number of thioether (sulfide) groups is 1. The molecular weight excluding hydrogens is 470 g/mol. The van der Waals surface area contributed by atoms with Crippen molar-refractivity contribution in [3.8, 4) is 0 Å². The van der Waals surface area contributed by atoms with E-state index in [9.17, 15) is 4.39 Å². The van der Waals surface area contributed by atoms with Gasteiger partial charge in [-0.15, -0.1) is 35.3 Å². The minimum absolute atomic E-state index is 0. The zero-order valence-electron chi connectivity index (χ0n) is 14.2. The van der Waals surface area contributed by atoms with Gasteiger partial charge in [-0.2, -0.15) is 0 Å². The van der Waals surface area contributed by atoms with E-state index in [2.05, 4.69) is 20.6 Å². The lowest BCUT2D eigenvalue weighted by Gasteiger charge is -2.11. The summed E-state index contributed by atoms with van der Waals surface area (Å²) < 4.78 is 14.7. The minimum atomic E-state index is -0.152. The van der Waals surface area contributed by atoms with Crippen LogP contribution in [-0.2, 0) is 6.42 Å². The van der Waals surface area contributed by atoms with Crippen LogP contribution in [0.5, 0.6) is 0 Å². The van der Waals surface area contributed by atoms with Crippen LogP contribution in [0.4, 0.5) is 4.39 Å². The third-order valence-corrected chi connectivity index (χ3v) is 5.25. The smallest absolute Gasteiger partial charge is 0.191 e. The molecule has 0 spiro atoms. The van der Waals surface area contributed by atoms with Gasteiger partial charge in [0.1, 0.15) is 10.2 Å². The fourth-order valence-corrected chi connectivity index (χ4v) is 3.69. The topological polar surface area (TPSA) is 49.3 Å². The summed E-state index contributed by atoms with van der Waals surface area (Å²) in [7, 11) is 0. The molecule has 1 aromatic heterocycles. The molecule has 0 aliphatic rings. The molecule has 0 aliphatic heterocycles. The first-order valence-electron chi connectivity index (χ1n) is 8.07. The fraction of sp³-hybridized carbons (Fsp3) is 0.412. The van der Waals surface area contributed by atoms with Crippen LogP contribution in [0.15, 0.2) is 45.2 Å². The first-order valence-corrected chi connectivity index (χ1v) is 9.94. The molecular formula is C17H24FIN4S2. The van der Waals surface area contributed by atoms with Crippen LogP contribution in [0.25, 0.3) is 0 Å². The molecule has 0 saturated heterocycles. The van der Waals surface area contributed by atoms with Gasteiger partial charge in [-0.3, -0.25) is 4.99 Å². The van der Waals surface area contributed by atoms with Gasteiger partial charge in [0.2, 0.25) is 0 Å². The molecule has 1 heterocycles. The maximum atomic E-state index is 13.6. The molecule has 2 N–H and O–H groups in total. The van der Waals surface area contributed by atoms with Crippen LogP contribution in [0.1, 0.15) is 18.9 Å². The van der Waals surface area contributed by atoms with Crippen molar-refractivity contribution in [3.05, 3.63) is 47.2 Å².